The van der Waals surface area contributed by atoms with Crippen LogP contribution >= 0.6 is 0 Å². The predicted molar refractivity (Wildman–Crippen MR) is 56.3 cm³/mol. The van der Waals surface area contributed by atoms with Crippen molar-refractivity contribution in [3.8, 4) is 0 Å². The van der Waals surface area contributed by atoms with Crippen molar-refractivity contribution in [1.82, 2.24) is 4.90 Å². The van der Waals surface area contributed by atoms with Crippen LogP contribution in [0.2, 0.25) is 0 Å². The Hall–Kier alpha value is -0.650. The van der Waals surface area contributed by atoms with E-state index in [0.29, 0.717) is 32.6 Å². The molecule has 0 aromatic heterocycles. The van der Waals surface area contributed by atoms with Gasteiger partial charge in [0.1, 0.15) is 0 Å². The minimum absolute atomic E-state index is 0.144. The van der Waals surface area contributed by atoms with Crippen molar-refractivity contribution < 1.29 is 14.6 Å². The lowest BCUT2D eigenvalue weighted by Gasteiger charge is -2.35. The maximum Gasteiger partial charge on any atom is 0.239 e. The standard InChI is InChI=1S/C10H20N2O3/c1-8(11)9(13)12(2)7-10(14)3-5-15-6-4-10/h8,14H,3-7,11H2,1-2H3/t8-/m1/s1. The Labute approximate surface area is 90.2 Å². The molecule has 0 radical (unpaired) electrons. The third-order valence-electron chi connectivity index (χ3n) is 2.72. The van der Waals surface area contributed by atoms with Gasteiger partial charge in [-0.25, -0.2) is 0 Å². The van der Waals surface area contributed by atoms with E-state index in [0.717, 1.165) is 0 Å². The molecule has 0 spiro atoms. The van der Waals surface area contributed by atoms with E-state index in [2.05, 4.69) is 0 Å². The number of nitrogens with zero attached hydrogens (tertiary/aromatic N) is 1. The highest BCUT2D eigenvalue weighted by atomic mass is 16.5. The molecule has 15 heavy (non-hydrogen) atoms. The summed E-state index contributed by atoms with van der Waals surface area (Å²) in [5.74, 6) is -0.144. The molecule has 5 nitrogen and oxygen atoms in total. The smallest absolute Gasteiger partial charge is 0.239 e. The summed E-state index contributed by atoms with van der Waals surface area (Å²) in [6.45, 7) is 3.08. The molecule has 1 aliphatic heterocycles. The van der Waals surface area contributed by atoms with Gasteiger partial charge in [-0.2, -0.15) is 0 Å². The van der Waals surface area contributed by atoms with Gasteiger partial charge in [-0.3, -0.25) is 4.79 Å². The van der Waals surface area contributed by atoms with E-state index in [9.17, 15) is 9.90 Å². The number of carbonyl (C=O) groups is 1. The topological polar surface area (TPSA) is 75.8 Å². The summed E-state index contributed by atoms with van der Waals surface area (Å²) in [4.78, 5) is 13.0. The van der Waals surface area contributed by atoms with E-state index in [1.54, 1.807) is 14.0 Å². The van der Waals surface area contributed by atoms with Crippen molar-refractivity contribution in [3.05, 3.63) is 0 Å². The maximum absolute atomic E-state index is 11.5. The van der Waals surface area contributed by atoms with E-state index >= 15 is 0 Å². The van der Waals surface area contributed by atoms with Crippen molar-refractivity contribution >= 4 is 5.91 Å². The van der Waals surface area contributed by atoms with Crippen molar-refractivity contribution in [1.29, 1.82) is 0 Å². The number of amides is 1. The van der Waals surface area contributed by atoms with Crippen LogP contribution in [0.15, 0.2) is 0 Å². The van der Waals surface area contributed by atoms with Gasteiger partial charge >= 0.3 is 0 Å². The Morgan fingerprint density at radius 2 is 2.13 bits per heavy atom. The van der Waals surface area contributed by atoms with Crippen molar-refractivity contribution in [2.75, 3.05) is 26.8 Å². The molecule has 1 saturated heterocycles. The molecule has 1 heterocycles. The minimum atomic E-state index is -0.808. The summed E-state index contributed by atoms with van der Waals surface area (Å²) >= 11 is 0. The summed E-state index contributed by atoms with van der Waals surface area (Å²) in [7, 11) is 1.67. The molecule has 0 aliphatic carbocycles. The summed E-state index contributed by atoms with van der Waals surface area (Å²) in [5.41, 5.74) is 4.68. The number of likely N-dealkylation sites (N-methyl/N-ethyl adjacent to an activating group) is 1. The summed E-state index contributed by atoms with van der Waals surface area (Å²) in [5, 5.41) is 10.2. The third kappa shape index (κ3) is 3.44. The lowest BCUT2D eigenvalue weighted by atomic mass is 9.94. The highest BCUT2D eigenvalue weighted by Crippen LogP contribution is 2.21. The van der Waals surface area contributed by atoms with Crippen LogP contribution < -0.4 is 5.73 Å². The van der Waals surface area contributed by atoms with Gasteiger partial charge < -0.3 is 20.5 Å². The highest BCUT2D eigenvalue weighted by molar-refractivity contribution is 5.80. The van der Waals surface area contributed by atoms with E-state index in [-0.39, 0.29) is 5.91 Å². The second-order valence-electron chi connectivity index (χ2n) is 4.32. The summed E-state index contributed by atoms with van der Waals surface area (Å²) in [6, 6.07) is -0.515. The number of nitrogens with two attached hydrogens (primary N) is 1. The Bertz CT molecular complexity index is 225. The number of hydrogen-bond donors (Lipinski definition) is 2. The maximum atomic E-state index is 11.5. The first-order valence-corrected chi connectivity index (χ1v) is 5.25. The van der Waals surface area contributed by atoms with Crippen LogP contribution in [0.25, 0.3) is 0 Å². The van der Waals surface area contributed by atoms with Crippen molar-refractivity contribution in [2.24, 2.45) is 5.73 Å². The largest absolute Gasteiger partial charge is 0.388 e. The fourth-order valence-corrected chi connectivity index (χ4v) is 1.78. The number of ether oxygens (including phenoxy) is 1. The van der Waals surface area contributed by atoms with Crippen LogP contribution in [0, 0.1) is 0 Å². The van der Waals surface area contributed by atoms with Gasteiger partial charge in [0, 0.05) is 39.6 Å². The first-order valence-electron chi connectivity index (χ1n) is 5.25. The molecule has 1 rings (SSSR count). The molecule has 0 aromatic rings. The second-order valence-corrected chi connectivity index (χ2v) is 4.32. The molecular formula is C10H20N2O3. The predicted octanol–water partition coefficient (Wildman–Crippen LogP) is -0.666. The number of rotatable bonds is 3. The average molecular weight is 216 g/mol. The normalized spacial score (nSPS) is 22.1. The SMILES string of the molecule is C[C@@H](N)C(=O)N(C)CC1(O)CCOCC1. The van der Waals surface area contributed by atoms with E-state index in [1.807, 2.05) is 0 Å². The van der Waals surface area contributed by atoms with Crippen molar-refractivity contribution in [2.45, 2.75) is 31.4 Å². The molecule has 0 saturated carbocycles. The Morgan fingerprint density at radius 1 is 1.60 bits per heavy atom. The summed E-state index contributed by atoms with van der Waals surface area (Å²) < 4.78 is 5.17. The quantitative estimate of drug-likeness (QED) is 0.656. The number of hydrogen-bond acceptors (Lipinski definition) is 4. The fourth-order valence-electron chi connectivity index (χ4n) is 1.78. The monoisotopic (exact) mass is 216 g/mol. The minimum Gasteiger partial charge on any atom is -0.388 e. The molecular weight excluding hydrogens is 196 g/mol. The molecule has 3 N–H and O–H groups in total. The van der Waals surface area contributed by atoms with Crippen LogP contribution in [-0.4, -0.2) is 54.4 Å². The number of carbonyl (C=O) groups excluding carboxylic acids is 1. The molecule has 1 amide bonds. The van der Waals surface area contributed by atoms with Crippen LogP contribution in [-0.2, 0) is 9.53 Å². The van der Waals surface area contributed by atoms with Gasteiger partial charge in [0.2, 0.25) is 5.91 Å². The Balaban J connectivity index is 2.48. The Morgan fingerprint density at radius 3 is 2.60 bits per heavy atom. The van der Waals surface area contributed by atoms with Gasteiger partial charge in [0.05, 0.1) is 11.6 Å². The molecule has 1 fully saturated rings. The first-order chi connectivity index (χ1) is 6.94. The van der Waals surface area contributed by atoms with E-state index in [1.165, 1.54) is 4.90 Å². The second kappa shape index (κ2) is 4.92. The third-order valence-corrected chi connectivity index (χ3v) is 2.72. The average Bonchev–Trinajstić information content (AvgIpc) is 2.16. The Kier molecular flexibility index (Phi) is 4.07. The number of aliphatic hydroxyl groups is 1. The van der Waals surface area contributed by atoms with Crippen LogP contribution in [0.3, 0.4) is 0 Å². The van der Waals surface area contributed by atoms with Gasteiger partial charge in [-0.05, 0) is 6.92 Å². The molecule has 1 aliphatic rings. The molecule has 0 bridgehead atoms. The van der Waals surface area contributed by atoms with Crippen LogP contribution in [0.5, 0.6) is 0 Å². The molecule has 1 atom stereocenters. The lowest BCUT2D eigenvalue weighted by molar-refractivity contribution is -0.137. The zero-order valence-electron chi connectivity index (χ0n) is 9.40. The van der Waals surface area contributed by atoms with Gasteiger partial charge in [0.15, 0.2) is 0 Å². The van der Waals surface area contributed by atoms with Crippen LogP contribution in [0.1, 0.15) is 19.8 Å². The lowest BCUT2D eigenvalue weighted by Crippen LogP contribution is -2.50. The molecule has 0 unspecified atom stereocenters. The highest BCUT2D eigenvalue weighted by Gasteiger charge is 2.32. The van der Waals surface area contributed by atoms with Gasteiger partial charge in [-0.15, -0.1) is 0 Å². The van der Waals surface area contributed by atoms with Gasteiger partial charge in [-0.1, -0.05) is 0 Å². The first kappa shape index (κ1) is 12.4. The zero-order valence-corrected chi connectivity index (χ0v) is 9.40. The molecule has 5 heteroatoms. The van der Waals surface area contributed by atoms with Crippen LogP contribution in [0.4, 0.5) is 0 Å². The molecule has 88 valence electrons. The van der Waals surface area contributed by atoms with E-state index in [4.69, 9.17) is 10.5 Å². The van der Waals surface area contributed by atoms with Crippen molar-refractivity contribution in [3.63, 3.8) is 0 Å². The fraction of sp³-hybridized carbons (Fsp3) is 0.900. The zero-order chi connectivity index (χ0) is 11.5. The summed E-state index contributed by atoms with van der Waals surface area (Å²) in [6.07, 6.45) is 1.15. The molecule has 0 aromatic carbocycles. The van der Waals surface area contributed by atoms with E-state index < -0.39 is 11.6 Å². The van der Waals surface area contributed by atoms with Gasteiger partial charge in [0.25, 0.3) is 0 Å².